The number of methoxy groups -OCH3 is 1. The molecule has 2 rings (SSSR count). The molecule has 29 heavy (non-hydrogen) atoms. The topological polar surface area (TPSA) is 93.7 Å². The fraction of sp³-hybridized carbons (Fsp3) is 0.350. The Morgan fingerprint density at radius 1 is 1.14 bits per heavy atom. The maximum Gasteiger partial charge on any atom is 0.259 e. The van der Waals surface area contributed by atoms with Crippen molar-refractivity contribution in [2.24, 2.45) is 0 Å². The lowest BCUT2D eigenvalue weighted by molar-refractivity contribution is 0.101. The van der Waals surface area contributed by atoms with Crippen molar-refractivity contribution < 1.29 is 22.7 Å². The number of rotatable bonds is 10. The molecule has 2 N–H and O–H groups in total. The molecule has 0 radical (unpaired) electrons. The van der Waals surface area contributed by atoms with Crippen molar-refractivity contribution in [3.05, 3.63) is 52.5 Å². The maximum atomic E-state index is 12.7. The van der Waals surface area contributed by atoms with Gasteiger partial charge in [0.2, 0.25) is 10.0 Å². The molecular formula is C20H25BrN2O5S. The van der Waals surface area contributed by atoms with Gasteiger partial charge in [-0.05, 0) is 55.8 Å². The lowest BCUT2D eigenvalue weighted by Crippen LogP contribution is -2.31. The number of carbonyl (C=O) groups is 1. The Kier molecular flexibility index (Phi) is 8.63. The SMILES string of the molecule is CCC(C)NS(=O)(=O)c1ccc(NC(=O)c2cc(Br)ccc2OCCOC)cc1. The molecule has 0 bridgehead atoms. The first-order chi connectivity index (χ1) is 13.8. The highest BCUT2D eigenvalue weighted by Gasteiger charge is 2.17. The predicted octanol–water partition coefficient (Wildman–Crippen LogP) is 3.80. The van der Waals surface area contributed by atoms with Gasteiger partial charge in [-0.1, -0.05) is 22.9 Å². The van der Waals surface area contributed by atoms with Crippen LogP contribution in [0, 0.1) is 0 Å². The molecule has 0 spiro atoms. The fourth-order valence-electron chi connectivity index (χ4n) is 2.37. The first kappa shape index (κ1) is 23.3. The normalized spacial score (nSPS) is 12.4. The number of benzene rings is 2. The van der Waals surface area contributed by atoms with Gasteiger partial charge in [0.05, 0.1) is 17.1 Å². The summed E-state index contributed by atoms with van der Waals surface area (Å²) in [4.78, 5) is 12.9. The number of amides is 1. The van der Waals surface area contributed by atoms with Crippen LogP contribution >= 0.6 is 15.9 Å². The van der Waals surface area contributed by atoms with Crippen LogP contribution in [0.15, 0.2) is 51.8 Å². The highest BCUT2D eigenvalue weighted by molar-refractivity contribution is 9.10. The molecule has 0 saturated carbocycles. The maximum absolute atomic E-state index is 12.7. The zero-order valence-corrected chi connectivity index (χ0v) is 19.0. The Hall–Kier alpha value is -1.94. The molecule has 0 aliphatic rings. The molecule has 1 amide bonds. The van der Waals surface area contributed by atoms with E-state index in [-0.39, 0.29) is 16.8 Å². The summed E-state index contributed by atoms with van der Waals surface area (Å²) < 4.78 is 38.6. The van der Waals surface area contributed by atoms with Crippen molar-refractivity contribution in [2.75, 3.05) is 25.6 Å². The van der Waals surface area contributed by atoms with Gasteiger partial charge in [0.25, 0.3) is 5.91 Å². The molecule has 0 heterocycles. The van der Waals surface area contributed by atoms with E-state index in [2.05, 4.69) is 26.0 Å². The number of ether oxygens (including phenoxy) is 2. The fourth-order valence-corrected chi connectivity index (χ4v) is 4.06. The van der Waals surface area contributed by atoms with Gasteiger partial charge < -0.3 is 14.8 Å². The standard InChI is InChI=1S/C20H25BrN2O5S/c1-4-14(2)23-29(25,26)17-8-6-16(7-9-17)22-20(24)18-13-15(21)5-10-19(18)28-12-11-27-3/h5-10,13-14,23H,4,11-12H2,1-3H3,(H,22,24). The van der Waals surface area contributed by atoms with E-state index in [0.29, 0.717) is 36.6 Å². The Labute approximate surface area is 180 Å². The number of halogens is 1. The minimum atomic E-state index is -3.59. The number of hydrogen-bond donors (Lipinski definition) is 2. The van der Waals surface area contributed by atoms with Crippen LogP contribution < -0.4 is 14.8 Å². The van der Waals surface area contributed by atoms with E-state index in [1.807, 2.05) is 6.92 Å². The molecule has 0 fully saturated rings. The average molecular weight is 485 g/mol. The summed E-state index contributed by atoms with van der Waals surface area (Å²) in [7, 11) is -2.02. The molecule has 2 aromatic rings. The Morgan fingerprint density at radius 3 is 2.45 bits per heavy atom. The van der Waals surface area contributed by atoms with Gasteiger partial charge >= 0.3 is 0 Å². The van der Waals surface area contributed by atoms with E-state index in [1.165, 1.54) is 12.1 Å². The van der Waals surface area contributed by atoms with E-state index in [1.54, 1.807) is 44.4 Å². The number of carbonyl (C=O) groups excluding carboxylic acids is 1. The molecule has 1 atom stereocenters. The van der Waals surface area contributed by atoms with Gasteiger partial charge in [-0.3, -0.25) is 4.79 Å². The molecule has 2 aromatic carbocycles. The Bertz CT molecular complexity index is 932. The van der Waals surface area contributed by atoms with E-state index in [0.717, 1.165) is 4.47 Å². The van der Waals surface area contributed by atoms with Crippen LogP contribution in [0.25, 0.3) is 0 Å². The zero-order chi connectivity index (χ0) is 21.4. The van der Waals surface area contributed by atoms with Crippen LogP contribution in [0.1, 0.15) is 30.6 Å². The number of nitrogens with one attached hydrogen (secondary N) is 2. The minimum Gasteiger partial charge on any atom is -0.490 e. The monoisotopic (exact) mass is 484 g/mol. The molecule has 1 unspecified atom stereocenters. The van der Waals surface area contributed by atoms with Crippen LogP contribution in [0.3, 0.4) is 0 Å². The zero-order valence-electron chi connectivity index (χ0n) is 16.6. The first-order valence-electron chi connectivity index (χ1n) is 9.12. The van der Waals surface area contributed by atoms with Crippen LogP contribution in [-0.2, 0) is 14.8 Å². The van der Waals surface area contributed by atoms with Gasteiger partial charge in [0.1, 0.15) is 12.4 Å². The van der Waals surface area contributed by atoms with Crippen molar-refractivity contribution in [1.82, 2.24) is 4.72 Å². The van der Waals surface area contributed by atoms with Crippen LogP contribution in [0.2, 0.25) is 0 Å². The third-order valence-corrected chi connectivity index (χ3v) is 6.22. The molecule has 0 saturated heterocycles. The second-order valence-electron chi connectivity index (χ2n) is 6.39. The highest BCUT2D eigenvalue weighted by atomic mass is 79.9. The van der Waals surface area contributed by atoms with E-state index < -0.39 is 10.0 Å². The first-order valence-corrected chi connectivity index (χ1v) is 11.4. The number of sulfonamides is 1. The summed E-state index contributed by atoms with van der Waals surface area (Å²) >= 11 is 3.35. The van der Waals surface area contributed by atoms with Crippen molar-refractivity contribution in [3.8, 4) is 5.75 Å². The van der Waals surface area contributed by atoms with Crippen molar-refractivity contribution >= 4 is 37.5 Å². The Balaban J connectivity index is 2.14. The third kappa shape index (κ3) is 6.81. The summed E-state index contributed by atoms with van der Waals surface area (Å²) in [5, 5.41) is 2.76. The Morgan fingerprint density at radius 2 is 1.83 bits per heavy atom. The molecule has 7 nitrogen and oxygen atoms in total. The summed E-state index contributed by atoms with van der Waals surface area (Å²) in [5.41, 5.74) is 0.825. The second kappa shape index (κ2) is 10.7. The van der Waals surface area contributed by atoms with Gasteiger partial charge in [-0.2, -0.15) is 0 Å². The average Bonchev–Trinajstić information content (AvgIpc) is 2.69. The van der Waals surface area contributed by atoms with Gasteiger partial charge in [0, 0.05) is 23.3 Å². The summed E-state index contributed by atoms with van der Waals surface area (Å²) in [6.45, 7) is 4.42. The summed E-state index contributed by atoms with van der Waals surface area (Å²) in [5.74, 6) is 0.0618. The smallest absolute Gasteiger partial charge is 0.259 e. The van der Waals surface area contributed by atoms with Crippen molar-refractivity contribution in [1.29, 1.82) is 0 Å². The number of hydrogen-bond acceptors (Lipinski definition) is 5. The summed E-state index contributed by atoms with van der Waals surface area (Å²) in [6.07, 6.45) is 0.689. The van der Waals surface area contributed by atoms with E-state index >= 15 is 0 Å². The van der Waals surface area contributed by atoms with Gasteiger partial charge in [0.15, 0.2) is 0 Å². The van der Waals surface area contributed by atoms with Crippen LogP contribution in [0.5, 0.6) is 5.75 Å². The van der Waals surface area contributed by atoms with Gasteiger partial charge in [-0.15, -0.1) is 0 Å². The molecule has 0 aromatic heterocycles. The molecule has 0 aliphatic heterocycles. The predicted molar refractivity (Wildman–Crippen MR) is 116 cm³/mol. The largest absolute Gasteiger partial charge is 0.490 e. The number of anilines is 1. The van der Waals surface area contributed by atoms with Crippen molar-refractivity contribution in [3.63, 3.8) is 0 Å². The van der Waals surface area contributed by atoms with E-state index in [4.69, 9.17) is 9.47 Å². The minimum absolute atomic E-state index is 0.141. The molecule has 158 valence electrons. The summed E-state index contributed by atoms with van der Waals surface area (Å²) in [6, 6.07) is 11.0. The molecule has 9 heteroatoms. The second-order valence-corrected chi connectivity index (χ2v) is 9.02. The van der Waals surface area contributed by atoms with Crippen LogP contribution in [-0.4, -0.2) is 40.7 Å². The molecule has 0 aliphatic carbocycles. The van der Waals surface area contributed by atoms with Gasteiger partial charge in [-0.25, -0.2) is 13.1 Å². The van der Waals surface area contributed by atoms with Crippen molar-refractivity contribution in [2.45, 2.75) is 31.2 Å². The lowest BCUT2D eigenvalue weighted by atomic mass is 10.2. The lowest BCUT2D eigenvalue weighted by Gasteiger charge is -2.14. The quantitative estimate of drug-likeness (QED) is 0.500. The third-order valence-electron chi connectivity index (χ3n) is 4.12. The highest BCUT2D eigenvalue weighted by Crippen LogP contribution is 2.25. The van der Waals surface area contributed by atoms with E-state index in [9.17, 15) is 13.2 Å². The van der Waals surface area contributed by atoms with Crippen LogP contribution in [0.4, 0.5) is 5.69 Å². The molecular weight excluding hydrogens is 460 g/mol.